The molecule has 0 saturated heterocycles. The summed E-state index contributed by atoms with van der Waals surface area (Å²) in [6.07, 6.45) is 4.03. The number of carbonyl (C=O) groups excluding carboxylic acids is 2. The highest BCUT2D eigenvalue weighted by Gasteiger charge is 2.27. The van der Waals surface area contributed by atoms with E-state index in [1.807, 2.05) is 6.92 Å². The van der Waals surface area contributed by atoms with Crippen LogP contribution in [-0.2, 0) is 0 Å². The minimum absolute atomic E-state index is 0.129. The molecule has 0 radical (unpaired) electrons. The van der Waals surface area contributed by atoms with Gasteiger partial charge in [-0.1, -0.05) is 19.4 Å². The van der Waals surface area contributed by atoms with Gasteiger partial charge in [0.05, 0.1) is 0 Å². The number of hydrogen-bond acceptors (Lipinski definition) is 3. The lowest BCUT2D eigenvalue weighted by atomic mass is 10.0. The van der Waals surface area contributed by atoms with Crippen molar-refractivity contribution in [1.29, 1.82) is 0 Å². The van der Waals surface area contributed by atoms with Crippen molar-refractivity contribution in [2.45, 2.75) is 38.6 Å². The van der Waals surface area contributed by atoms with Crippen molar-refractivity contribution in [3.8, 4) is 0 Å². The molecule has 1 saturated carbocycles. The standard InChI is InChI=1S/C17H25N3O2/c1-2-9-19-16(21)12-5-3-6-13(10-12)17(22)20-15-8-4-7-14(15)11-18/h3,5-6,10,14-15H,2,4,7-9,11,18H2,1H3,(H,19,21)(H,20,22). The molecular formula is C17H25N3O2. The Kier molecular flexibility index (Phi) is 5.95. The Hall–Kier alpha value is -1.88. The van der Waals surface area contributed by atoms with Gasteiger partial charge in [0, 0.05) is 23.7 Å². The number of benzene rings is 1. The fourth-order valence-corrected chi connectivity index (χ4v) is 2.90. The Morgan fingerprint density at radius 1 is 1.23 bits per heavy atom. The third kappa shape index (κ3) is 4.07. The highest BCUT2D eigenvalue weighted by molar-refractivity contribution is 5.99. The zero-order valence-electron chi connectivity index (χ0n) is 13.1. The molecule has 1 aliphatic carbocycles. The smallest absolute Gasteiger partial charge is 0.251 e. The number of nitrogens with one attached hydrogen (secondary N) is 2. The first-order valence-electron chi connectivity index (χ1n) is 8.05. The quantitative estimate of drug-likeness (QED) is 0.747. The van der Waals surface area contributed by atoms with E-state index >= 15 is 0 Å². The number of rotatable bonds is 6. The Labute approximate surface area is 131 Å². The maximum atomic E-state index is 12.4. The van der Waals surface area contributed by atoms with Crippen LogP contribution in [0, 0.1) is 5.92 Å². The lowest BCUT2D eigenvalue weighted by Crippen LogP contribution is -2.39. The Balaban J connectivity index is 2.02. The molecule has 1 aromatic rings. The molecule has 2 atom stereocenters. The van der Waals surface area contributed by atoms with E-state index in [1.165, 1.54) is 0 Å². The number of nitrogens with two attached hydrogens (primary N) is 1. The van der Waals surface area contributed by atoms with E-state index < -0.39 is 0 Å². The van der Waals surface area contributed by atoms with Gasteiger partial charge in [-0.15, -0.1) is 0 Å². The summed E-state index contributed by atoms with van der Waals surface area (Å²) in [5.41, 5.74) is 6.78. The Morgan fingerprint density at radius 3 is 2.64 bits per heavy atom. The van der Waals surface area contributed by atoms with Gasteiger partial charge in [-0.3, -0.25) is 9.59 Å². The van der Waals surface area contributed by atoms with E-state index in [-0.39, 0.29) is 17.9 Å². The summed E-state index contributed by atoms with van der Waals surface area (Å²) >= 11 is 0. The lowest BCUT2D eigenvalue weighted by Gasteiger charge is -2.19. The van der Waals surface area contributed by atoms with Crippen LogP contribution in [0.4, 0.5) is 0 Å². The molecule has 1 aromatic carbocycles. The van der Waals surface area contributed by atoms with Crippen molar-refractivity contribution in [3.05, 3.63) is 35.4 Å². The summed E-state index contributed by atoms with van der Waals surface area (Å²) < 4.78 is 0. The van der Waals surface area contributed by atoms with Crippen LogP contribution in [0.2, 0.25) is 0 Å². The van der Waals surface area contributed by atoms with Gasteiger partial charge >= 0.3 is 0 Å². The third-order valence-corrected chi connectivity index (χ3v) is 4.20. The van der Waals surface area contributed by atoms with Gasteiger partial charge in [0.15, 0.2) is 0 Å². The second-order valence-corrected chi connectivity index (χ2v) is 5.84. The van der Waals surface area contributed by atoms with Crippen molar-refractivity contribution < 1.29 is 9.59 Å². The largest absolute Gasteiger partial charge is 0.352 e. The van der Waals surface area contributed by atoms with Crippen molar-refractivity contribution in [3.63, 3.8) is 0 Å². The molecule has 0 spiro atoms. The summed E-state index contributed by atoms with van der Waals surface area (Å²) in [4.78, 5) is 24.3. The summed E-state index contributed by atoms with van der Waals surface area (Å²) in [6.45, 7) is 3.24. The first-order valence-corrected chi connectivity index (χ1v) is 8.05. The van der Waals surface area contributed by atoms with Crippen LogP contribution >= 0.6 is 0 Å². The molecule has 2 unspecified atom stereocenters. The van der Waals surface area contributed by atoms with E-state index in [0.717, 1.165) is 25.7 Å². The number of carbonyl (C=O) groups is 2. The first kappa shape index (κ1) is 16.5. The van der Waals surface area contributed by atoms with Gasteiger partial charge in [-0.25, -0.2) is 0 Å². The molecule has 2 amide bonds. The molecule has 0 heterocycles. The molecule has 0 bridgehead atoms. The van der Waals surface area contributed by atoms with Crippen LogP contribution in [0.15, 0.2) is 24.3 Å². The lowest BCUT2D eigenvalue weighted by molar-refractivity contribution is 0.0928. The maximum Gasteiger partial charge on any atom is 0.251 e. The molecule has 0 aliphatic heterocycles. The minimum Gasteiger partial charge on any atom is -0.352 e. The first-order chi connectivity index (χ1) is 10.7. The van der Waals surface area contributed by atoms with Gasteiger partial charge in [0.2, 0.25) is 0 Å². The average Bonchev–Trinajstić information content (AvgIpc) is 2.99. The fraction of sp³-hybridized carbons (Fsp3) is 0.529. The SMILES string of the molecule is CCCNC(=O)c1cccc(C(=O)NC2CCCC2CN)c1. The van der Waals surface area contributed by atoms with E-state index in [1.54, 1.807) is 24.3 Å². The monoisotopic (exact) mass is 303 g/mol. The van der Waals surface area contributed by atoms with Crippen LogP contribution in [0.1, 0.15) is 53.3 Å². The minimum atomic E-state index is -0.141. The molecule has 5 nitrogen and oxygen atoms in total. The van der Waals surface area contributed by atoms with Crippen molar-refractivity contribution >= 4 is 11.8 Å². The van der Waals surface area contributed by atoms with Gasteiger partial charge in [-0.05, 0) is 49.9 Å². The molecule has 22 heavy (non-hydrogen) atoms. The highest BCUT2D eigenvalue weighted by atomic mass is 16.2. The van der Waals surface area contributed by atoms with Crippen molar-refractivity contribution in [1.82, 2.24) is 10.6 Å². The van der Waals surface area contributed by atoms with E-state index in [4.69, 9.17) is 5.73 Å². The molecule has 120 valence electrons. The van der Waals surface area contributed by atoms with Crippen LogP contribution in [-0.4, -0.2) is 30.9 Å². The van der Waals surface area contributed by atoms with E-state index in [0.29, 0.717) is 30.1 Å². The molecule has 5 heteroatoms. The maximum absolute atomic E-state index is 12.4. The normalized spacial score (nSPS) is 20.6. The average molecular weight is 303 g/mol. The van der Waals surface area contributed by atoms with Gasteiger partial charge < -0.3 is 16.4 Å². The topological polar surface area (TPSA) is 84.2 Å². The van der Waals surface area contributed by atoms with Crippen LogP contribution < -0.4 is 16.4 Å². The van der Waals surface area contributed by atoms with Gasteiger partial charge in [-0.2, -0.15) is 0 Å². The summed E-state index contributed by atoms with van der Waals surface area (Å²) in [7, 11) is 0. The van der Waals surface area contributed by atoms with Crippen LogP contribution in [0.5, 0.6) is 0 Å². The summed E-state index contributed by atoms with van der Waals surface area (Å²) in [6, 6.07) is 6.99. The predicted octanol–water partition coefficient (Wildman–Crippen LogP) is 1.68. The Morgan fingerprint density at radius 2 is 1.95 bits per heavy atom. The molecule has 2 rings (SSSR count). The zero-order chi connectivity index (χ0) is 15.9. The van der Waals surface area contributed by atoms with Gasteiger partial charge in [0.25, 0.3) is 11.8 Å². The summed E-state index contributed by atoms with van der Waals surface area (Å²) in [5, 5.41) is 5.87. The number of amides is 2. The molecular weight excluding hydrogens is 278 g/mol. The molecule has 1 aliphatic rings. The van der Waals surface area contributed by atoms with E-state index in [9.17, 15) is 9.59 Å². The third-order valence-electron chi connectivity index (χ3n) is 4.20. The van der Waals surface area contributed by atoms with Crippen molar-refractivity contribution in [2.75, 3.05) is 13.1 Å². The summed E-state index contributed by atoms with van der Waals surface area (Å²) in [5.74, 6) is 0.0904. The predicted molar refractivity (Wildman–Crippen MR) is 86.7 cm³/mol. The second-order valence-electron chi connectivity index (χ2n) is 5.84. The zero-order valence-corrected chi connectivity index (χ0v) is 13.1. The Bertz CT molecular complexity index is 530. The van der Waals surface area contributed by atoms with E-state index in [2.05, 4.69) is 10.6 Å². The highest BCUT2D eigenvalue weighted by Crippen LogP contribution is 2.24. The van der Waals surface area contributed by atoms with Crippen LogP contribution in [0.3, 0.4) is 0 Å². The molecule has 1 fully saturated rings. The van der Waals surface area contributed by atoms with Crippen LogP contribution in [0.25, 0.3) is 0 Å². The number of hydrogen-bond donors (Lipinski definition) is 3. The van der Waals surface area contributed by atoms with Crippen molar-refractivity contribution in [2.24, 2.45) is 11.7 Å². The van der Waals surface area contributed by atoms with Gasteiger partial charge in [0.1, 0.15) is 0 Å². The molecule has 4 N–H and O–H groups in total. The second kappa shape index (κ2) is 7.94. The fourth-order valence-electron chi connectivity index (χ4n) is 2.90. The molecule has 0 aromatic heterocycles.